The molecule has 0 saturated carbocycles. The van der Waals surface area contributed by atoms with E-state index in [9.17, 15) is 18.4 Å². The summed E-state index contributed by atoms with van der Waals surface area (Å²) in [6.07, 6.45) is 4.94. The van der Waals surface area contributed by atoms with Gasteiger partial charge in [-0.2, -0.15) is 0 Å². The average molecular weight is 660 g/mol. The summed E-state index contributed by atoms with van der Waals surface area (Å²) in [6, 6.07) is 8.10. The molecule has 230 valence electrons. The Bertz CT molecular complexity index is 1510. The van der Waals surface area contributed by atoms with Gasteiger partial charge in [-0.15, -0.1) is 5.10 Å². The van der Waals surface area contributed by atoms with Crippen LogP contribution in [0.3, 0.4) is 0 Å². The number of hydrogen-bond donors (Lipinski definition) is 1. The first-order chi connectivity index (χ1) is 20.5. The predicted octanol–water partition coefficient (Wildman–Crippen LogP) is 5.91. The van der Waals surface area contributed by atoms with Gasteiger partial charge in [0.15, 0.2) is 5.82 Å². The van der Waals surface area contributed by atoms with Gasteiger partial charge in [-0.05, 0) is 72.8 Å². The molecule has 2 saturated heterocycles. The number of carbonyl (C=O) groups is 2. The molecule has 2 aliphatic rings. The Balaban J connectivity index is 1.43. The van der Waals surface area contributed by atoms with E-state index in [1.54, 1.807) is 18.0 Å². The van der Waals surface area contributed by atoms with Crippen LogP contribution in [0.25, 0.3) is 11.3 Å². The largest absolute Gasteiger partial charge is 0.497 e. The normalized spacial score (nSPS) is 21.8. The fourth-order valence-electron chi connectivity index (χ4n) is 6.23. The van der Waals surface area contributed by atoms with Crippen molar-refractivity contribution in [2.75, 3.05) is 25.9 Å². The van der Waals surface area contributed by atoms with Crippen LogP contribution in [0.1, 0.15) is 70.5 Å². The maximum absolute atomic E-state index is 14.4. The quantitative estimate of drug-likeness (QED) is 0.238. The van der Waals surface area contributed by atoms with Crippen molar-refractivity contribution < 1.29 is 23.1 Å². The van der Waals surface area contributed by atoms with E-state index in [-0.39, 0.29) is 51.7 Å². The first-order valence-electron chi connectivity index (χ1n) is 14.6. The Morgan fingerprint density at radius 1 is 1.23 bits per heavy atom. The Morgan fingerprint density at radius 2 is 1.95 bits per heavy atom. The van der Waals surface area contributed by atoms with Crippen molar-refractivity contribution in [2.24, 2.45) is 5.92 Å². The molecule has 2 aromatic carbocycles. The molecule has 0 spiro atoms. The Kier molecular flexibility index (Phi) is 8.78. The summed E-state index contributed by atoms with van der Waals surface area (Å²) in [4.78, 5) is 31.4. The number of hydrogen-bond acceptors (Lipinski definition) is 6. The van der Waals surface area contributed by atoms with Crippen LogP contribution in [0.5, 0.6) is 5.75 Å². The van der Waals surface area contributed by atoms with Crippen LogP contribution < -0.4 is 10.5 Å². The highest BCUT2D eigenvalue weighted by Crippen LogP contribution is 2.43. The summed E-state index contributed by atoms with van der Waals surface area (Å²) in [5, 5.41) is 8.41. The van der Waals surface area contributed by atoms with E-state index in [4.69, 9.17) is 10.5 Å². The Labute approximate surface area is 258 Å². The highest BCUT2D eigenvalue weighted by Gasteiger charge is 2.49. The van der Waals surface area contributed by atoms with Crippen LogP contribution in [0.15, 0.2) is 41.0 Å². The van der Waals surface area contributed by atoms with Crippen molar-refractivity contribution in [2.45, 2.75) is 70.5 Å². The minimum Gasteiger partial charge on any atom is -0.497 e. The molecule has 0 bridgehead atoms. The van der Waals surface area contributed by atoms with Crippen LogP contribution in [-0.2, 0) is 9.59 Å². The SMILES string of the molecule is CCCCN1C(=O)CC(C(=O)N2CC(n3cc(-c4cc(F)c(Br)c(F)c4N)nn3)CCC2(C)C)C1c1ccc(OC)cc1. The number of rotatable bonds is 8. The maximum Gasteiger partial charge on any atom is 0.229 e. The van der Waals surface area contributed by atoms with Crippen molar-refractivity contribution in [1.82, 2.24) is 24.8 Å². The standard InChI is InChI=1S/C31H37BrF2N6O3/c1-5-6-13-38-25(41)15-22(29(38)18-7-9-20(43-4)10-8-18)30(42)39-16-19(11-12-31(39,2)3)40-17-24(36-37-40)21-14-23(33)26(32)27(34)28(21)35/h7-10,14,17,19,22,29H,5-6,11-13,15-16,35H2,1-4H3. The molecule has 3 atom stereocenters. The van der Waals surface area contributed by atoms with Crippen LogP contribution in [-0.4, -0.2) is 62.3 Å². The van der Waals surface area contributed by atoms with Gasteiger partial charge in [0.2, 0.25) is 11.8 Å². The third kappa shape index (κ3) is 5.85. The van der Waals surface area contributed by atoms with Crippen LogP contribution in [0.4, 0.5) is 14.5 Å². The molecular formula is C31H37BrF2N6O3. The van der Waals surface area contributed by atoms with E-state index in [2.05, 4.69) is 33.2 Å². The zero-order valence-corrected chi connectivity index (χ0v) is 26.4. The lowest BCUT2D eigenvalue weighted by Crippen LogP contribution is -2.55. The summed E-state index contributed by atoms with van der Waals surface area (Å²) in [7, 11) is 1.60. The van der Waals surface area contributed by atoms with Gasteiger partial charge in [0.05, 0.1) is 41.5 Å². The van der Waals surface area contributed by atoms with Crippen LogP contribution in [0.2, 0.25) is 0 Å². The van der Waals surface area contributed by atoms with Gasteiger partial charge in [0, 0.05) is 30.6 Å². The molecular weight excluding hydrogens is 622 g/mol. The highest BCUT2D eigenvalue weighted by atomic mass is 79.9. The number of anilines is 1. The van der Waals surface area contributed by atoms with Crippen LogP contribution in [0, 0.1) is 17.6 Å². The zero-order chi connectivity index (χ0) is 31.1. The van der Waals surface area contributed by atoms with Crippen molar-refractivity contribution >= 4 is 33.4 Å². The molecule has 1 aromatic heterocycles. The number of amides is 2. The van der Waals surface area contributed by atoms with Gasteiger partial charge in [0.1, 0.15) is 17.3 Å². The molecule has 9 nitrogen and oxygen atoms in total. The highest BCUT2D eigenvalue weighted by molar-refractivity contribution is 9.10. The number of carbonyl (C=O) groups excluding carboxylic acids is 2. The second-order valence-electron chi connectivity index (χ2n) is 12.0. The molecule has 3 unspecified atom stereocenters. The van der Waals surface area contributed by atoms with E-state index in [0.29, 0.717) is 31.7 Å². The number of halogens is 3. The summed E-state index contributed by atoms with van der Waals surface area (Å²) < 4.78 is 35.4. The molecule has 3 heterocycles. The fourth-order valence-corrected chi connectivity index (χ4v) is 6.55. The number of nitrogen functional groups attached to an aromatic ring is 1. The number of ether oxygens (including phenoxy) is 1. The van der Waals surface area contributed by atoms with Crippen molar-refractivity contribution in [3.8, 4) is 17.0 Å². The number of likely N-dealkylation sites (tertiary alicyclic amines) is 2. The Hall–Kier alpha value is -3.54. The lowest BCUT2D eigenvalue weighted by Gasteiger charge is -2.47. The molecule has 2 amide bonds. The van der Waals surface area contributed by atoms with Gasteiger partial charge in [-0.1, -0.05) is 30.7 Å². The molecule has 43 heavy (non-hydrogen) atoms. The summed E-state index contributed by atoms with van der Waals surface area (Å²) >= 11 is 2.87. The smallest absolute Gasteiger partial charge is 0.229 e. The number of nitrogens with zero attached hydrogens (tertiary/aromatic N) is 5. The minimum atomic E-state index is -0.897. The van der Waals surface area contributed by atoms with Crippen molar-refractivity contribution in [3.05, 3.63) is 58.2 Å². The lowest BCUT2D eigenvalue weighted by atomic mass is 9.84. The lowest BCUT2D eigenvalue weighted by molar-refractivity contribution is -0.145. The minimum absolute atomic E-state index is 0.0218. The molecule has 5 rings (SSSR count). The van der Waals surface area contributed by atoms with Crippen molar-refractivity contribution in [3.63, 3.8) is 0 Å². The van der Waals surface area contributed by atoms with Gasteiger partial charge >= 0.3 is 0 Å². The van der Waals surface area contributed by atoms with Gasteiger partial charge in [-0.25, -0.2) is 13.5 Å². The number of aromatic nitrogens is 3. The fraction of sp³-hybridized carbons (Fsp3) is 0.484. The number of unbranched alkanes of at least 4 members (excludes halogenated alkanes) is 1. The molecule has 2 aliphatic heterocycles. The summed E-state index contributed by atoms with van der Waals surface area (Å²) in [6.45, 7) is 7.09. The third-order valence-corrected chi connectivity index (χ3v) is 9.53. The van der Waals surface area contributed by atoms with Gasteiger partial charge in [0.25, 0.3) is 0 Å². The number of benzene rings is 2. The van der Waals surface area contributed by atoms with Gasteiger partial charge in [-0.3, -0.25) is 9.59 Å². The Morgan fingerprint density at radius 3 is 2.63 bits per heavy atom. The van der Waals surface area contributed by atoms with E-state index in [1.807, 2.05) is 47.9 Å². The summed E-state index contributed by atoms with van der Waals surface area (Å²) in [5.74, 6) is -1.63. The topological polar surface area (TPSA) is 107 Å². The molecule has 3 aromatic rings. The van der Waals surface area contributed by atoms with E-state index >= 15 is 0 Å². The predicted molar refractivity (Wildman–Crippen MR) is 162 cm³/mol. The molecule has 2 N–H and O–H groups in total. The molecule has 0 radical (unpaired) electrons. The second kappa shape index (κ2) is 12.2. The molecule has 0 aliphatic carbocycles. The number of piperidine rings is 1. The maximum atomic E-state index is 14.4. The van der Waals surface area contributed by atoms with E-state index < -0.39 is 23.1 Å². The molecule has 12 heteroatoms. The third-order valence-electron chi connectivity index (χ3n) is 8.80. The van der Waals surface area contributed by atoms with E-state index in [1.165, 1.54) is 0 Å². The zero-order valence-electron chi connectivity index (χ0n) is 24.8. The van der Waals surface area contributed by atoms with Gasteiger partial charge < -0.3 is 20.3 Å². The first kappa shape index (κ1) is 30.9. The van der Waals surface area contributed by atoms with Crippen LogP contribution >= 0.6 is 15.9 Å². The second-order valence-corrected chi connectivity index (χ2v) is 12.7. The van der Waals surface area contributed by atoms with Crippen molar-refractivity contribution in [1.29, 1.82) is 0 Å². The number of methoxy groups -OCH3 is 1. The average Bonchev–Trinajstić information content (AvgIpc) is 3.61. The molecule has 2 fully saturated rings. The summed E-state index contributed by atoms with van der Waals surface area (Å²) in [5.41, 5.74) is 6.48. The first-order valence-corrected chi connectivity index (χ1v) is 15.4. The van der Waals surface area contributed by atoms with E-state index in [0.717, 1.165) is 24.5 Å². The number of nitrogens with two attached hydrogens (primary N) is 1. The monoisotopic (exact) mass is 658 g/mol.